The van der Waals surface area contributed by atoms with Gasteiger partial charge >= 0.3 is 0 Å². The zero-order chi connectivity index (χ0) is 15.5. The summed E-state index contributed by atoms with van der Waals surface area (Å²) in [5, 5.41) is 3.83. The van der Waals surface area contributed by atoms with Crippen molar-refractivity contribution in [3.63, 3.8) is 0 Å². The van der Waals surface area contributed by atoms with Gasteiger partial charge in [0.1, 0.15) is 0 Å². The summed E-state index contributed by atoms with van der Waals surface area (Å²) < 4.78 is 0. The molecule has 0 aromatic heterocycles. The first-order chi connectivity index (χ1) is 10.6. The van der Waals surface area contributed by atoms with E-state index < -0.39 is 0 Å². The lowest BCUT2D eigenvalue weighted by Crippen LogP contribution is -2.44. The number of rotatable bonds is 4. The largest absolute Gasteiger partial charge is 0.371 e. The number of benzene rings is 1. The molecule has 0 bridgehead atoms. The van der Waals surface area contributed by atoms with E-state index in [9.17, 15) is 0 Å². The molecule has 1 atom stereocenters. The van der Waals surface area contributed by atoms with Gasteiger partial charge in [0.2, 0.25) is 0 Å². The second kappa shape index (κ2) is 7.01. The Morgan fingerprint density at radius 3 is 2.55 bits per heavy atom. The van der Waals surface area contributed by atoms with Gasteiger partial charge in [0.25, 0.3) is 0 Å². The molecule has 0 radical (unpaired) electrons. The molecule has 1 aromatic carbocycles. The van der Waals surface area contributed by atoms with Crippen molar-refractivity contribution < 1.29 is 0 Å². The van der Waals surface area contributed by atoms with E-state index in [1.165, 1.54) is 68.8 Å². The fourth-order valence-corrected chi connectivity index (χ4v) is 3.93. The maximum Gasteiger partial charge on any atom is 0.0398 e. The molecule has 22 heavy (non-hydrogen) atoms. The summed E-state index contributed by atoms with van der Waals surface area (Å²) in [7, 11) is 2.24. The average Bonchev–Trinajstić information content (AvgIpc) is 2.94. The molecule has 3 nitrogen and oxygen atoms in total. The Balaban J connectivity index is 1.47. The van der Waals surface area contributed by atoms with E-state index in [1.54, 1.807) is 0 Å². The van der Waals surface area contributed by atoms with E-state index in [4.69, 9.17) is 0 Å². The van der Waals surface area contributed by atoms with Gasteiger partial charge in [-0.15, -0.1) is 0 Å². The Labute approximate surface area is 135 Å². The van der Waals surface area contributed by atoms with Crippen molar-refractivity contribution in [1.29, 1.82) is 0 Å². The molecule has 2 heterocycles. The Bertz CT molecular complexity index is 491. The highest BCUT2D eigenvalue weighted by Gasteiger charge is 2.23. The number of piperidine rings is 1. The predicted octanol–water partition coefficient (Wildman–Crippen LogP) is 2.81. The van der Waals surface area contributed by atoms with Gasteiger partial charge in [-0.05, 0) is 76.4 Å². The highest BCUT2D eigenvalue weighted by Crippen LogP contribution is 2.26. The van der Waals surface area contributed by atoms with E-state index in [2.05, 4.69) is 54.2 Å². The third-order valence-electron chi connectivity index (χ3n) is 5.60. The summed E-state index contributed by atoms with van der Waals surface area (Å²) in [6.07, 6.45) is 3.91. The molecule has 0 aliphatic carbocycles. The summed E-state index contributed by atoms with van der Waals surface area (Å²) in [6.45, 7) is 10.6. The van der Waals surface area contributed by atoms with Crippen LogP contribution in [0.2, 0.25) is 0 Å². The number of aryl methyl sites for hydroxylation is 1. The second-order valence-corrected chi connectivity index (χ2v) is 7.31. The molecule has 2 aliphatic rings. The highest BCUT2D eigenvalue weighted by atomic mass is 15.2. The van der Waals surface area contributed by atoms with Gasteiger partial charge in [0, 0.05) is 31.4 Å². The fourth-order valence-electron chi connectivity index (χ4n) is 3.93. The first-order valence-electron chi connectivity index (χ1n) is 8.86. The lowest BCUT2D eigenvalue weighted by molar-refractivity contribution is 0.357. The summed E-state index contributed by atoms with van der Waals surface area (Å²) in [4.78, 5) is 5.03. The van der Waals surface area contributed by atoms with E-state index in [-0.39, 0.29) is 0 Å². The molecule has 0 saturated carbocycles. The van der Waals surface area contributed by atoms with Crippen LogP contribution in [0.15, 0.2) is 18.2 Å². The van der Waals surface area contributed by atoms with Crippen molar-refractivity contribution in [1.82, 2.24) is 10.2 Å². The lowest BCUT2D eigenvalue weighted by atomic mass is 10.0. The maximum atomic E-state index is 3.83. The van der Waals surface area contributed by atoms with Crippen LogP contribution in [-0.4, -0.2) is 50.7 Å². The van der Waals surface area contributed by atoms with Crippen LogP contribution in [0.4, 0.5) is 5.69 Å². The number of nitrogens with zero attached hydrogens (tertiary/aromatic N) is 2. The average molecular weight is 301 g/mol. The standard InChI is InChI=1S/C19H31N3/c1-15-5-4-6-19(16(15)2)22-11-8-18(9-12-22)20-13-17-7-10-21(3)14-17/h4-6,17-18,20H,7-14H2,1-3H3. The fraction of sp³-hybridized carbons (Fsp3) is 0.684. The Morgan fingerprint density at radius 1 is 1.09 bits per heavy atom. The third-order valence-corrected chi connectivity index (χ3v) is 5.60. The number of hydrogen-bond donors (Lipinski definition) is 1. The predicted molar refractivity (Wildman–Crippen MR) is 94.8 cm³/mol. The molecular formula is C19H31N3. The molecule has 3 rings (SSSR count). The number of hydrogen-bond acceptors (Lipinski definition) is 3. The molecule has 2 aliphatic heterocycles. The minimum atomic E-state index is 0.715. The van der Waals surface area contributed by atoms with Crippen LogP contribution in [0.3, 0.4) is 0 Å². The first kappa shape index (κ1) is 15.8. The summed E-state index contributed by atoms with van der Waals surface area (Å²) >= 11 is 0. The third kappa shape index (κ3) is 3.64. The Hall–Kier alpha value is -1.06. The van der Waals surface area contributed by atoms with Crippen molar-refractivity contribution in [3.05, 3.63) is 29.3 Å². The molecule has 0 amide bonds. The smallest absolute Gasteiger partial charge is 0.0398 e. The van der Waals surface area contributed by atoms with E-state index in [0.29, 0.717) is 6.04 Å². The van der Waals surface area contributed by atoms with Crippen LogP contribution in [0.25, 0.3) is 0 Å². The Kier molecular flexibility index (Phi) is 5.04. The molecule has 3 heteroatoms. The van der Waals surface area contributed by atoms with Crippen molar-refractivity contribution in [2.45, 2.75) is 39.2 Å². The van der Waals surface area contributed by atoms with Gasteiger partial charge in [-0.1, -0.05) is 12.1 Å². The quantitative estimate of drug-likeness (QED) is 0.922. The van der Waals surface area contributed by atoms with E-state index >= 15 is 0 Å². The molecule has 2 fully saturated rings. The molecule has 2 saturated heterocycles. The number of likely N-dealkylation sites (tertiary alicyclic amines) is 1. The van der Waals surface area contributed by atoms with Crippen LogP contribution in [0, 0.1) is 19.8 Å². The summed E-state index contributed by atoms with van der Waals surface area (Å²) in [5.74, 6) is 0.863. The van der Waals surface area contributed by atoms with Gasteiger partial charge in [-0.3, -0.25) is 0 Å². The van der Waals surface area contributed by atoms with E-state index in [0.717, 1.165) is 5.92 Å². The monoisotopic (exact) mass is 301 g/mol. The van der Waals surface area contributed by atoms with Crippen LogP contribution in [0.5, 0.6) is 0 Å². The Morgan fingerprint density at radius 2 is 1.86 bits per heavy atom. The van der Waals surface area contributed by atoms with Gasteiger partial charge in [-0.25, -0.2) is 0 Å². The molecule has 122 valence electrons. The van der Waals surface area contributed by atoms with Gasteiger partial charge < -0.3 is 15.1 Å². The minimum absolute atomic E-state index is 0.715. The lowest BCUT2D eigenvalue weighted by Gasteiger charge is -2.35. The van der Waals surface area contributed by atoms with Crippen LogP contribution < -0.4 is 10.2 Å². The molecule has 1 N–H and O–H groups in total. The molecule has 1 aromatic rings. The van der Waals surface area contributed by atoms with Crippen molar-refractivity contribution in [3.8, 4) is 0 Å². The van der Waals surface area contributed by atoms with Crippen molar-refractivity contribution in [2.24, 2.45) is 5.92 Å². The minimum Gasteiger partial charge on any atom is -0.371 e. The number of nitrogens with one attached hydrogen (secondary N) is 1. The van der Waals surface area contributed by atoms with Crippen LogP contribution >= 0.6 is 0 Å². The summed E-state index contributed by atoms with van der Waals surface area (Å²) in [5.41, 5.74) is 4.29. The SMILES string of the molecule is Cc1cccc(N2CCC(NCC3CCN(C)C3)CC2)c1C. The summed E-state index contributed by atoms with van der Waals surface area (Å²) in [6, 6.07) is 7.40. The normalized spacial score (nSPS) is 24.1. The van der Waals surface area contributed by atoms with Crippen molar-refractivity contribution >= 4 is 5.69 Å². The molecular weight excluding hydrogens is 270 g/mol. The highest BCUT2D eigenvalue weighted by molar-refractivity contribution is 5.56. The van der Waals surface area contributed by atoms with Gasteiger partial charge in [0.05, 0.1) is 0 Å². The number of anilines is 1. The zero-order valence-corrected chi connectivity index (χ0v) is 14.4. The van der Waals surface area contributed by atoms with Gasteiger partial charge in [-0.2, -0.15) is 0 Å². The second-order valence-electron chi connectivity index (χ2n) is 7.31. The molecule has 0 spiro atoms. The van der Waals surface area contributed by atoms with Gasteiger partial charge in [0.15, 0.2) is 0 Å². The topological polar surface area (TPSA) is 18.5 Å². The van der Waals surface area contributed by atoms with Crippen LogP contribution in [0.1, 0.15) is 30.4 Å². The first-order valence-corrected chi connectivity index (χ1v) is 8.86. The van der Waals surface area contributed by atoms with Crippen LogP contribution in [-0.2, 0) is 0 Å². The molecule has 1 unspecified atom stereocenters. The van der Waals surface area contributed by atoms with E-state index in [1.807, 2.05) is 0 Å². The zero-order valence-electron chi connectivity index (χ0n) is 14.4. The van der Waals surface area contributed by atoms with Crippen molar-refractivity contribution in [2.75, 3.05) is 44.7 Å². The maximum absolute atomic E-state index is 3.83.